The molecule has 4 heteroatoms. The van der Waals surface area contributed by atoms with Crippen LogP contribution in [0.5, 0.6) is 0 Å². The molecule has 0 saturated heterocycles. The fraction of sp³-hybridized carbons (Fsp3) is 0.182. The second-order valence-corrected chi connectivity index (χ2v) is 8.09. The Morgan fingerprint density at radius 2 is 1.42 bits per heavy atom. The summed E-state index contributed by atoms with van der Waals surface area (Å²) in [5, 5.41) is 0. The van der Waals surface area contributed by atoms with Crippen LogP contribution in [0.3, 0.4) is 0 Å². The van der Waals surface area contributed by atoms with Crippen LogP contribution in [0.25, 0.3) is 11.1 Å². The Labute approximate surface area is 154 Å². The summed E-state index contributed by atoms with van der Waals surface area (Å²) >= 11 is 0. The zero-order valence-electron chi connectivity index (χ0n) is 14.8. The van der Waals surface area contributed by atoms with E-state index in [1.165, 1.54) is 0 Å². The molecule has 0 heterocycles. The molecule has 0 N–H and O–H groups in total. The molecule has 1 aliphatic carbocycles. The Kier molecular flexibility index (Phi) is 4.17. The Bertz CT molecular complexity index is 1040. The molecule has 0 bridgehead atoms. The highest BCUT2D eigenvalue weighted by Gasteiger charge is 2.33. The van der Waals surface area contributed by atoms with Crippen molar-refractivity contribution in [3.8, 4) is 11.1 Å². The van der Waals surface area contributed by atoms with Crippen LogP contribution >= 0.6 is 0 Å². The fourth-order valence-electron chi connectivity index (χ4n) is 3.83. The van der Waals surface area contributed by atoms with Crippen LogP contribution in [0.2, 0.25) is 0 Å². The van der Waals surface area contributed by atoms with E-state index in [1.54, 1.807) is 13.0 Å². The minimum atomic E-state index is -3.80. The Morgan fingerprint density at radius 3 is 2.00 bits per heavy atom. The van der Waals surface area contributed by atoms with E-state index in [1.807, 2.05) is 43.3 Å². The summed E-state index contributed by atoms with van der Waals surface area (Å²) in [7, 11) is -3.80. The molecule has 0 unspecified atom stereocenters. The molecule has 0 amide bonds. The first kappa shape index (κ1) is 17.0. The van der Waals surface area contributed by atoms with E-state index in [0.29, 0.717) is 0 Å². The standard InChI is InChI=1S/C22H20O3S/c1-3-25-26(23,24)21-13-12-15(2)14-20(21)22-18-10-6-4-8-16(18)17-9-5-7-11-19(17)22/h4-14,22H,3H2,1-2H3. The maximum absolute atomic E-state index is 12.7. The maximum Gasteiger partial charge on any atom is 0.297 e. The molecule has 1 aliphatic rings. The van der Waals surface area contributed by atoms with Gasteiger partial charge in [0.2, 0.25) is 0 Å². The number of hydrogen-bond acceptors (Lipinski definition) is 3. The van der Waals surface area contributed by atoms with Gasteiger partial charge in [-0.3, -0.25) is 4.18 Å². The lowest BCUT2D eigenvalue weighted by Crippen LogP contribution is -2.12. The van der Waals surface area contributed by atoms with Crippen molar-refractivity contribution in [3.63, 3.8) is 0 Å². The smallest absolute Gasteiger partial charge is 0.267 e. The van der Waals surface area contributed by atoms with E-state index >= 15 is 0 Å². The summed E-state index contributed by atoms with van der Waals surface area (Å²) in [5.74, 6) is -0.118. The molecule has 3 aromatic rings. The van der Waals surface area contributed by atoms with Crippen molar-refractivity contribution in [1.29, 1.82) is 0 Å². The molecule has 3 nitrogen and oxygen atoms in total. The van der Waals surface area contributed by atoms with Gasteiger partial charge in [-0.05, 0) is 47.7 Å². The predicted octanol–water partition coefficient (Wildman–Crippen LogP) is 4.88. The Balaban J connectivity index is 2.01. The molecule has 3 aromatic carbocycles. The van der Waals surface area contributed by atoms with Crippen LogP contribution in [0.15, 0.2) is 71.6 Å². The number of fused-ring (bicyclic) bond motifs is 3. The van der Waals surface area contributed by atoms with Crippen molar-refractivity contribution in [3.05, 3.63) is 89.0 Å². The van der Waals surface area contributed by atoms with Gasteiger partial charge in [0.1, 0.15) is 0 Å². The van der Waals surface area contributed by atoms with Gasteiger partial charge in [-0.25, -0.2) is 0 Å². The lowest BCUT2D eigenvalue weighted by molar-refractivity contribution is 0.337. The zero-order chi connectivity index (χ0) is 18.3. The summed E-state index contributed by atoms with van der Waals surface area (Å²) in [4.78, 5) is 0.251. The van der Waals surface area contributed by atoms with Gasteiger partial charge in [0, 0.05) is 5.92 Å². The summed E-state index contributed by atoms with van der Waals surface area (Å²) in [6, 6.07) is 21.9. The quantitative estimate of drug-likeness (QED) is 0.485. The molecule has 0 fully saturated rings. The molecule has 132 valence electrons. The first-order valence-corrected chi connectivity index (χ1v) is 10.1. The molecule has 0 saturated carbocycles. The first-order valence-electron chi connectivity index (χ1n) is 8.71. The normalized spacial score (nSPS) is 13.5. The van der Waals surface area contributed by atoms with Gasteiger partial charge in [-0.1, -0.05) is 66.2 Å². The third-order valence-corrected chi connectivity index (χ3v) is 6.31. The van der Waals surface area contributed by atoms with Crippen molar-refractivity contribution < 1.29 is 12.6 Å². The predicted molar refractivity (Wildman–Crippen MR) is 103 cm³/mol. The van der Waals surface area contributed by atoms with E-state index < -0.39 is 10.1 Å². The Morgan fingerprint density at radius 1 is 0.846 bits per heavy atom. The highest BCUT2D eigenvalue weighted by atomic mass is 32.2. The average molecular weight is 364 g/mol. The molecule has 0 spiro atoms. The van der Waals surface area contributed by atoms with Crippen molar-refractivity contribution in [2.75, 3.05) is 6.61 Å². The largest absolute Gasteiger partial charge is 0.297 e. The Hall–Kier alpha value is -2.43. The number of aryl methyl sites for hydroxylation is 1. The SMILES string of the molecule is CCOS(=O)(=O)c1ccc(C)cc1C1c2ccccc2-c2ccccc21. The minimum absolute atomic E-state index is 0.118. The van der Waals surface area contributed by atoms with Crippen LogP contribution in [-0.4, -0.2) is 15.0 Å². The van der Waals surface area contributed by atoms with Gasteiger partial charge in [0.05, 0.1) is 11.5 Å². The van der Waals surface area contributed by atoms with Crippen LogP contribution in [0.1, 0.15) is 35.1 Å². The average Bonchev–Trinajstić information content (AvgIpc) is 2.96. The van der Waals surface area contributed by atoms with Crippen molar-refractivity contribution in [1.82, 2.24) is 0 Å². The van der Waals surface area contributed by atoms with Crippen molar-refractivity contribution in [2.45, 2.75) is 24.7 Å². The van der Waals surface area contributed by atoms with Crippen molar-refractivity contribution >= 4 is 10.1 Å². The second-order valence-electron chi connectivity index (χ2n) is 6.51. The maximum atomic E-state index is 12.7. The number of hydrogen-bond donors (Lipinski definition) is 0. The van der Waals surface area contributed by atoms with Crippen LogP contribution in [-0.2, 0) is 14.3 Å². The molecule has 0 aliphatic heterocycles. The molecule has 26 heavy (non-hydrogen) atoms. The monoisotopic (exact) mass is 364 g/mol. The third kappa shape index (κ3) is 2.66. The highest BCUT2D eigenvalue weighted by molar-refractivity contribution is 7.86. The van der Waals surface area contributed by atoms with Gasteiger partial charge in [-0.15, -0.1) is 0 Å². The summed E-state index contributed by atoms with van der Waals surface area (Å²) in [5.41, 5.74) is 6.39. The van der Waals surface area contributed by atoms with Gasteiger partial charge in [-0.2, -0.15) is 8.42 Å². The molecule has 4 rings (SSSR count). The first-order chi connectivity index (χ1) is 12.5. The lowest BCUT2D eigenvalue weighted by atomic mass is 9.88. The fourth-order valence-corrected chi connectivity index (χ4v) is 4.97. The summed E-state index contributed by atoms with van der Waals surface area (Å²) in [6.45, 7) is 3.78. The zero-order valence-corrected chi connectivity index (χ0v) is 15.6. The molecule has 0 aromatic heterocycles. The summed E-state index contributed by atoms with van der Waals surface area (Å²) in [6.07, 6.45) is 0. The summed E-state index contributed by atoms with van der Waals surface area (Å²) < 4.78 is 30.5. The minimum Gasteiger partial charge on any atom is -0.267 e. The molecule has 0 atom stereocenters. The lowest BCUT2D eigenvalue weighted by Gasteiger charge is -2.19. The van der Waals surface area contributed by atoms with E-state index in [2.05, 4.69) is 24.3 Å². The second kappa shape index (κ2) is 6.38. The van der Waals surface area contributed by atoms with Crippen molar-refractivity contribution in [2.24, 2.45) is 0 Å². The van der Waals surface area contributed by atoms with E-state index in [0.717, 1.165) is 33.4 Å². The van der Waals surface area contributed by atoms with E-state index in [4.69, 9.17) is 4.18 Å². The molecule has 0 radical (unpaired) electrons. The number of rotatable bonds is 4. The molecular weight excluding hydrogens is 344 g/mol. The molecular formula is C22H20O3S. The highest BCUT2D eigenvalue weighted by Crippen LogP contribution is 2.49. The van der Waals surface area contributed by atoms with Gasteiger partial charge in [0.15, 0.2) is 0 Å². The van der Waals surface area contributed by atoms with Crippen LogP contribution < -0.4 is 0 Å². The van der Waals surface area contributed by atoms with Gasteiger partial charge in [0.25, 0.3) is 10.1 Å². The van der Waals surface area contributed by atoms with Gasteiger partial charge < -0.3 is 0 Å². The van der Waals surface area contributed by atoms with Gasteiger partial charge >= 0.3 is 0 Å². The van der Waals surface area contributed by atoms with E-state index in [9.17, 15) is 8.42 Å². The third-order valence-electron chi connectivity index (χ3n) is 4.85. The topological polar surface area (TPSA) is 43.4 Å². The number of benzene rings is 3. The van der Waals surface area contributed by atoms with E-state index in [-0.39, 0.29) is 17.4 Å². The van der Waals surface area contributed by atoms with Crippen LogP contribution in [0.4, 0.5) is 0 Å². The van der Waals surface area contributed by atoms with Crippen LogP contribution in [0, 0.1) is 6.92 Å².